The van der Waals surface area contributed by atoms with E-state index in [9.17, 15) is 9.59 Å². The van der Waals surface area contributed by atoms with Crippen molar-refractivity contribution in [2.75, 3.05) is 26.2 Å². The van der Waals surface area contributed by atoms with E-state index in [1.807, 2.05) is 30.0 Å². The van der Waals surface area contributed by atoms with Gasteiger partial charge in [-0.3, -0.25) is 9.59 Å². The molecule has 1 aromatic heterocycles. The second-order valence-corrected chi connectivity index (χ2v) is 6.89. The number of ether oxygens (including phenoxy) is 1. The number of carbonyl (C=O) groups excluding carboxylic acids is 2. The van der Waals surface area contributed by atoms with Crippen molar-refractivity contribution in [3.63, 3.8) is 0 Å². The number of hydrogen-bond donors (Lipinski definition) is 0. The molecule has 0 spiro atoms. The van der Waals surface area contributed by atoms with Gasteiger partial charge < -0.3 is 19.0 Å². The number of nitrogens with zero attached hydrogens (tertiary/aromatic N) is 2. The van der Waals surface area contributed by atoms with Crippen LogP contribution in [0.2, 0.25) is 0 Å². The second kappa shape index (κ2) is 6.61. The summed E-state index contributed by atoms with van der Waals surface area (Å²) < 4.78 is 10.9. The van der Waals surface area contributed by atoms with Crippen LogP contribution in [0.5, 0.6) is 0 Å². The van der Waals surface area contributed by atoms with Gasteiger partial charge in [-0.1, -0.05) is 6.07 Å². The summed E-state index contributed by atoms with van der Waals surface area (Å²) in [6.45, 7) is 6.96. The Kier molecular flexibility index (Phi) is 4.28. The summed E-state index contributed by atoms with van der Waals surface area (Å²) in [7, 11) is 0. The van der Waals surface area contributed by atoms with Crippen LogP contribution in [-0.4, -0.2) is 47.8 Å². The molecule has 2 aromatic rings. The van der Waals surface area contributed by atoms with E-state index in [-0.39, 0.29) is 11.8 Å². The standard InChI is InChI=1S/C20H22N2O4/c1-13-9-18(14(2)26-13)20(24)22-7-5-21(6-8-22)19(23)15-3-4-16-11-25-12-17(16)10-15/h3-4,9-10H,5-8,11-12H2,1-2H3. The first-order chi connectivity index (χ1) is 12.5. The van der Waals surface area contributed by atoms with Crippen molar-refractivity contribution in [1.82, 2.24) is 9.80 Å². The van der Waals surface area contributed by atoms with Gasteiger partial charge in [0.1, 0.15) is 11.5 Å². The summed E-state index contributed by atoms with van der Waals surface area (Å²) in [6, 6.07) is 7.55. The molecule has 2 aliphatic heterocycles. The van der Waals surface area contributed by atoms with E-state index >= 15 is 0 Å². The lowest BCUT2D eigenvalue weighted by Crippen LogP contribution is -2.50. The average molecular weight is 354 g/mol. The number of hydrogen-bond acceptors (Lipinski definition) is 4. The minimum Gasteiger partial charge on any atom is -0.466 e. The Bertz CT molecular complexity index is 863. The monoisotopic (exact) mass is 354 g/mol. The highest BCUT2D eigenvalue weighted by Crippen LogP contribution is 2.22. The largest absolute Gasteiger partial charge is 0.466 e. The van der Waals surface area contributed by atoms with E-state index in [2.05, 4.69) is 0 Å². The first-order valence-electron chi connectivity index (χ1n) is 8.88. The summed E-state index contributed by atoms with van der Waals surface area (Å²) in [5.41, 5.74) is 3.55. The third-order valence-electron chi connectivity index (χ3n) is 5.09. The van der Waals surface area contributed by atoms with Crippen molar-refractivity contribution >= 4 is 11.8 Å². The average Bonchev–Trinajstić information content (AvgIpc) is 3.25. The quantitative estimate of drug-likeness (QED) is 0.831. The Morgan fingerprint density at radius 2 is 1.54 bits per heavy atom. The van der Waals surface area contributed by atoms with Gasteiger partial charge in [0.15, 0.2) is 0 Å². The molecule has 2 aliphatic rings. The van der Waals surface area contributed by atoms with Gasteiger partial charge in [0, 0.05) is 31.7 Å². The lowest BCUT2D eigenvalue weighted by atomic mass is 10.1. The normalized spacial score (nSPS) is 16.7. The molecule has 1 aromatic carbocycles. The number of furan rings is 1. The Hall–Kier alpha value is -2.60. The van der Waals surface area contributed by atoms with Crippen molar-refractivity contribution in [2.24, 2.45) is 0 Å². The molecule has 26 heavy (non-hydrogen) atoms. The lowest BCUT2D eigenvalue weighted by molar-refractivity contribution is 0.0534. The molecule has 1 saturated heterocycles. The molecule has 1 fully saturated rings. The van der Waals surface area contributed by atoms with Gasteiger partial charge in [-0.05, 0) is 43.2 Å². The minimum absolute atomic E-state index is 0.0159. The van der Waals surface area contributed by atoms with Gasteiger partial charge in [0.05, 0.1) is 18.8 Å². The predicted molar refractivity (Wildman–Crippen MR) is 94.9 cm³/mol. The van der Waals surface area contributed by atoms with Crippen molar-refractivity contribution in [3.05, 3.63) is 58.0 Å². The topological polar surface area (TPSA) is 63.0 Å². The maximum Gasteiger partial charge on any atom is 0.257 e. The number of rotatable bonds is 2. The van der Waals surface area contributed by atoms with Crippen LogP contribution in [0.4, 0.5) is 0 Å². The molecule has 136 valence electrons. The van der Waals surface area contributed by atoms with Crippen LogP contribution >= 0.6 is 0 Å². The molecule has 6 heteroatoms. The summed E-state index contributed by atoms with van der Waals surface area (Å²) in [5, 5.41) is 0. The molecular formula is C20H22N2O4. The third-order valence-corrected chi connectivity index (χ3v) is 5.09. The molecule has 2 amide bonds. The van der Waals surface area contributed by atoms with Crippen molar-refractivity contribution < 1.29 is 18.7 Å². The van der Waals surface area contributed by atoms with E-state index in [4.69, 9.17) is 9.15 Å². The van der Waals surface area contributed by atoms with Crippen LogP contribution in [0.3, 0.4) is 0 Å². The number of benzene rings is 1. The summed E-state index contributed by atoms with van der Waals surface area (Å²) in [4.78, 5) is 29.0. The molecule has 0 bridgehead atoms. The molecule has 3 heterocycles. The smallest absolute Gasteiger partial charge is 0.257 e. The van der Waals surface area contributed by atoms with E-state index in [0.717, 1.165) is 16.9 Å². The van der Waals surface area contributed by atoms with Gasteiger partial charge in [0.25, 0.3) is 11.8 Å². The molecule has 0 unspecified atom stereocenters. The Balaban J connectivity index is 1.41. The first kappa shape index (κ1) is 16.8. The minimum atomic E-state index is -0.0267. The summed E-state index contributed by atoms with van der Waals surface area (Å²) in [6.07, 6.45) is 0. The van der Waals surface area contributed by atoms with Crippen LogP contribution in [0.25, 0.3) is 0 Å². The predicted octanol–water partition coefficient (Wildman–Crippen LogP) is 2.52. The van der Waals surface area contributed by atoms with Gasteiger partial charge in [-0.15, -0.1) is 0 Å². The highest BCUT2D eigenvalue weighted by atomic mass is 16.5. The third kappa shape index (κ3) is 3.01. The van der Waals surface area contributed by atoms with E-state index in [1.54, 1.807) is 17.9 Å². The lowest BCUT2D eigenvalue weighted by Gasteiger charge is -2.34. The summed E-state index contributed by atoms with van der Waals surface area (Å²) >= 11 is 0. The maximum absolute atomic E-state index is 12.8. The van der Waals surface area contributed by atoms with Crippen LogP contribution in [0, 0.1) is 13.8 Å². The number of fused-ring (bicyclic) bond motifs is 1. The molecule has 0 aliphatic carbocycles. The fraction of sp³-hybridized carbons (Fsp3) is 0.400. The molecule has 0 N–H and O–H groups in total. The highest BCUT2D eigenvalue weighted by molar-refractivity contribution is 5.96. The molecule has 0 saturated carbocycles. The number of amides is 2. The van der Waals surface area contributed by atoms with Crippen molar-refractivity contribution in [3.8, 4) is 0 Å². The fourth-order valence-electron chi connectivity index (χ4n) is 3.61. The Morgan fingerprint density at radius 3 is 2.19 bits per heavy atom. The van der Waals surface area contributed by atoms with Crippen molar-refractivity contribution in [1.29, 1.82) is 0 Å². The number of aryl methyl sites for hydroxylation is 2. The molecule has 0 atom stereocenters. The highest BCUT2D eigenvalue weighted by Gasteiger charge is 2.27. The van der Waals surface area contributed by atoms with Crippen LogP contribution < -0.4 is 0 Å². The Morgan fingerprint density at radius 1 is 0.885 bits per heavy atom. The molecule has 0 radical (unpaired) electrons. The van der Waals surface area contributed by atoms with E-state index in [0.29, 0.717) is 56.3 Å². The van der Waals surface area contributed by atoms with Gasteiger partial charge in [-0.2, -0.15) is 0 Å². The van der Waals surface area contributed by atoms with Crippen LogP contribution in [-0.2, 0) is 18.0 Å². The van der Waals surface area contributed by atoms with Crippen molar-refractivity contribution in [2.45, 2.75) is 27.1 Å². The zero-order chi connectivity index (χ0) is 18.3. The van der Waals surface area contributed by atoms with E-state index in [1.165, 1.54) is 0 Å². The van der Waals surface area contributed by atoms with Crippen LogP contribution in [0.1, 0.15) is 43.4 Å². The SMILES string of the molecule is Cc1cc(C(=O)N2CCN(C(=O)c3ccc4c(c3)COC4)CC2)c(C)o1. The first-order valence-corrected chi connectivity index (χ1v) is 8.88. The van der Waals surface area contributed by atoms with Gasteiger partial charge in [-0.25, -0.2) is 0 Å². The zero-order valence-corrected chi connectivity index (χ0v) is 15.1. The zero-order valence-electron chi connectivity index (χ0n) is 15.1. The fourth-order valence-corrected chi connectivity index (χ4v) is 3.61. The molecular weight excluding hydrogens is 332 g/mol. The van der Waals surface area contributed by atoms with Gasteiger partial charge in [0.2, 0.25) is 0 Å². The van der Waals surface area contributed by atoms with Gasteiger partial charge >= 0.3 is 0 Å². The summed E-state index contributed by atoms with van der Waals surface area (Å²) in [5.74, 6) is 1.37. The van der Waals surface area contributed by atoms with E-state index < -0.39 is 0 Å². The molecule has 6 nitrogen and oxygen atoms in total. The number of piperazine rings is 1. The van der Waals surface area contributed by atoms with Crippen LogP contribution in [0.15, 0.2) is 28.7 Å². The number of carbonyl (C=O) groups is 2. The second-order valence-electron chi connectivity index (χ2n) is 6.89. The molecule has 4 rings (SSSR count). The Labute approximate surface area is 152 Å². The maximum atomic E-state index is 12.8.